The van der Waals surface area contributed by atoms with Crippen molar-refractivity contribution in [2.45, 2.75) is 46.0 Å². The largest absolute Gasteiger partial charge is 0.481 e. The fourth-order valence-corrected chi connectivity index (χ4v) is 1.21. The predicted octanol–water partition coefficient (Wildman–Crippen LogP) is 3.04. The summed E-state index contributed by atoms with van der Waals surface area (Å²) in [5.74, 6) is -1.26. The molecule has 0 aliphatic rings. The average Bonchev–Trinajstić information content (AvgIpc) is 2.23. The van der Waals surface area contributed by atoms with E-state index in [9.17, 15) is 9.59 Å². The highest BCUT2D eigenvalue weighted by Crippen LogP contribution is 2.08. The van der Waals surface area contributed by atoms with E-state index in [0.29, 0.717) is 5.76 Å². The van der Waals surface area contributed by atoms with Crippen LogP contribution in [0.2, 0.25) is 0 Å². The first-order chi connectivity index (χ1) is 7.97. The van der Waals surface area contributed by atoms with Gasteiger partial charge in [0.15, 0.2) is 0 Å². The first kappa shape index (κ1) is 15.4. The first-order valence-corrected chi connectivity index (χ1v) is 5.75. The van der Waals surface area contributed by atoms with Crippen LogP contribution in [-0.2, 0) is 14.3 Å². The summed E-state index contributed by atoms with van der Waals surface area (Å²) in [7, 11) is 0. The number of rotatable bonds is 8. The highest BCUT2D eigenvalue weighted by molar-refractivity contribution is 5.93. The zero-order chi connectivity index (χ0) is 13.3. The number of aliphatic carboxylic acids is 1. The Kier molecular flexibility index (Phi) is 7.76. The van der Waals surface area contributed by atoms with Gasteiger partial charge in [0.05, 0.1) is 6.42 Å². The molecule has 4 nitrogen and oxygen atoms in total. The molecule has 96 valence electrons. The molecule has 0 aromatic carbocycles. The van der Waals surface area contributed by atoms with E-state index >= 15 is 0 Å². The van der Waals surface area contributed by atoms with Gasteiger partial charge >= 0.3 is 11.9 Å². The fraction of sp³-hybridized carbons (Fsp3) is 0.538. The van der Waals surface area contributed by atoms with Crippen LogP contribution in [0.25, 0.3) is 0 Å². The second-order valence-electron chi connectivity index (χ2n) is 3.87. The van der Waals surface area contributed by atoms with Crippen LogP contribution < -0.4 is 0 Å². The second-order valence-corrected chi connectivity index (χ2v) is 3.87. The SMILES string of the molecule is C=C(CC(=O)O)C(=O)OC(C)=CCCCCC. The van der Waals surface area contributed by atoms with Gasteiger partial charge in [-0.15, -0.1) is 0 Å². The third-order valence-electron chi connectivity index (χ3n) is 2.15. The molecule has 0 rings (SSSR count). The van der Waals surface area contributed by atoms with Gasteiger partial charge in [0, 0.05) is 5.57 Å². The second kappa shape index (κ2) is 8.56. The maximum absolute atomic E-state index is 11.4. The van der Waals surface area contributed by atoms with Gasteiger partial charge in [0.2, 0.25) is 0 Å². The number of allylic oxidation sites excluding steroid dienone is 2. The molecule has 0 atom stereocenters. The number of carbonyl (C=O) groups is 2. The molecule has 0 spiro atoms. The number of hydrogen-bond donors (Lipinski definition) is 1. The summed E-state index contributed by atoms with van der Waals surface area (Å²) in [4.78, 5) is 21.7. The Morgan fingerprint density at radius 1 is 1.35 bits per heavy atom. The van der Waals surface area contributed by atoms with Crippen LogP contribution in [0.1, 0.15) is 46.0 Å². The molecule has 0 heterocycles. The lowest BCUT2D eigenvalue weighted by atomic mass is 10.2. The summed E-state index contributed by atoms with van der Waals surface area (Å²) in [5.41, 5.74) is -0.0428. The molecule has 0 radical (unpaired) electrons. The van der Waals surface area contributed by atoms with Crippen molar-refractivity contribution < 1.29 is 19.4 Å². The van der Waals surface area contributed by atoms with Crippen molar-refractivity contribution in [1.82, 2.24) is 0 Å². The topological polar surface area (TPSA) is 63.6 Å². The van der Waals surface area contributed by atoms with E-state index in [0.717, 1.165) is 25.7 Å². The summed E-state index contributed by atoms with van der Waals surface area (Å²) >= 11 is 0. The summed E-state index contributed by atoms with van der Waals surface area (Å²) in [6, 6.07) is 0. The molecular formula is C13H20O4. The van der Waals surface area contributed by atoms with Gasteiger partial charge in [0.25, 0.3) is 0 Å². The summed E-state index contributed by atoms with van der Waals surface area (Å²) in [5, 5.41) is 8.48. The molecule has 17 heavy (non-hydrogen) atoms. The molecule has 0 amide bonds. The summed E-state index contributed by atoms with van der Waals surface area (Å²) < 4.78 is 4.95. The van der Waals surface area contributed by atoms with Crippen molar-refractivity contribution >= 4 is 11.9 Å². The van der Waals surface area contributed by atoms with Gasteiger partial charge in [0.1, 0.15) is 5.76 Å². The fourth-order valence-electron chi connectivity index (χ4n) is 1.21. The number of carboxylic acid groups (broad SMARTS) is 1. The van der Waals surface area contributed by atoms with Crippen molar-refractivity contribution in [2.75, 3.05) is 0 Å². The Hall–Kier alpha value is -1.58. The zero-order valence-corrected chi connectivity index (χ0v) is 10.5. The van der Waals surface area contributed by atoms with Gasteiger partial charge in [-0.3, -0.25) is 4.79 Å². The maximum Gasteiger partial charge on any atom is 0.339 e. The predicted molar refractivity (Wildman–Crippen MR) is 65.4 cm³/mol. The molecular weight excluding hydrogens is 220 g/mol. The monoisotopic (exact) mass is 240 g/mol. The molecule has 0 aliphatic heterocycles. The Morgan fingerprint density at radius 3 is 2.53 bits per heavy atom. The number of unbranched alkanes of at least 4 members (excludes halogenated alkanes) is 3. The smallest absolute Gasteiger partial charge is 0.339 e. The minimum Gasteiger partial charge on any atom is -0.481 e. The molecule has 1 N–H and O–H groups in total. The first-order valence-electron chi connectivity index (χ1n) is 5.75. The van der Waals surface area contributed by atoms with E-state index in [1.165, 1.54) is 0 Å². The quantitative estimate of drug-likeness (QED) is 0.306. The van der Waals surface area contributed by atoms with Crippen LogP contribution in [0, 0.1) is 0 Å². The minimum absolute atomic E-state index is 0.0428. The number of carboxylic acids is 1. The van der Waals surface area contributed by atoms with Gasteiger partial charge in [-0.05, 0) is 25.8 Å². The van der Waals surface area contributed by atoms with Crippen molar-refractivity contribution in [2.24, 2.45) is 0 Å². The van der Waals surface area contributed by atoms with Gasteiger partial charge in [-0.2, -0.15) is 0 Å². The van der Waals surface area contributed by atoms with Crippen LogP contribution in [-0.4, -0.2) is 17.0 Å². The highest BCUT2D eigenvalue weighted by atomic mass is 16.5. The van der Waals surface area contributed by atoms with E-state index in [-0.39, 0.29) is 12.0 Å². The minimum atomic E-state index is -1.09. The highest BCUT2D eigenvalue weighted by Gasteiger charge is 2.12. The normalized spacial score (nSPS) is 11.1. The lowest BCUT2D eigenvalue weighted by molar-refractivity contribution is -0.140. The van der Waals surface area contributed by atoms with Gasteiger partial charge in [-0.1, -0.05) is 26.3 Å². The molecule has 4 heteroatoms. The molecule has 0 aromatic rings. The Morgan fingerprint density at radius 2 is 2.00 bits per heavy atom. The van der Waals surface area contributed by atoms with E-state index in [4.69, 9.17) is 9.84 Å². The Balaban J connectivity index is 4.01. The molecule has 0 saturated heterocycles. The summed E-state index contributed by atoms with van der Waals surface area (Å²) in [6.45, 7) is 7.17. The number of hydrogen-bond acceptors (Lipinski definition) is 3. The Bertz CT molecular complexity index is 315. The van der Waals surface area contributed by atoms with Gasteiger partial charge in [-0.25, -0.2) is 4.79 Å². The lowest BCUT2D eigenvalue weighted by Gasteiger charge is -2.05. The van der Waals surface area contributed by atoms with E-state index in [1.807, 2.05) is 6.08 Å². The van der Waals surface area contributed by atoms with Crippen LogP contribution in [0.5, 0.6) is 0 Å². The van der Waals surface area contributed by atoms with Crippen LogP contribution in [0.3, 0.4) is 0 Å². The molecule has 0 aliphatic carbocycles. The van der Waals surface area contributed by atoms with Crippen molar-refractivity contribution in [3.05, 3.63) is 24.0 Å². The number of ether oxygens (including phenoxy) is 1. The van der Waals surface area contributed by atoms with Crippen molar-refractivity contribution in [3.8, 4) is 0 Å². The molecule has 0 fully saturated rings. The third kappa shape index (κ3) is 8.25. The van der Waals surface area contributed by atoms with Crippen molar-refractivity contribution in [1.29, 1.82) is 0 Å². The van der Waals surface area contributed by atoms with Crippen LogP contribution >= 0.6 is 0 Å². The molecule has 0 unspecified atom stereocenters. The van der Waals surface area contributed by atoms with Gasteiger partial charge < -0.3 is 9.84 Å². The summed E-state index contributed by atoms with van der Waals surface area (Å²) in [6.07, 6.45) is 5.65. The number of esters is 1. The molecule has 0 saturated carbocycles. The maximum atomic E-state index is 11.4. The van der Waals surface area contributed by atoms with Crippen LogP contribution in [0.4, 0.5) is 0 Å². The Labute approximate surface area is 102 Å². The average molecular weight is 240 g/mol. The van der Waals surface area contributed by atoms with E-state index < -0.39 is 11.9 Å². The van der Waals surface area contributed by atoms with Crippen LogP contribution in [0.15, 0.2) is 24.0 Å². The van der Waals surface area contributed by atoms with Crippen molar-refractivity contribution in [3.63, 3.8) is 0 Å². The molecule has 0 bridgehead atoms. The zero-order valence-electron chi connectivity index (χ0n) is 10.5. The van der Waals surface area contributed by atoms with E-state index in [2.05, 4.69) is 13.5 Å². The third-order valence-corrected chi connectivity index (χ3v) is 2.15. The standard InChI is InChI=1S/C13H20O4/c1-4-5-6-7-8-11(3)17-13(16)10(2)9-12(14)15/h8H,2,4-7,9H2,1,3H3,(H,14,15). The lowest BCUT2D eigenvalue weighted by Crippen LogP contribution is -2.09. The molecule has 0 aromatic heterocycles. The van der Waals surface area contributed by atoms with E-state index in [1.54, 1.807) is 6.92 Å². The number of carbonyl (C=O) groups excluding carboxylic acids is 1.